The highest BCUT2D eigenvalue weighted by atomic mass is 35.5. The molecule has 1 aliphatic rings. The summed E-state index contributed by atoms with van der Waals surface area (Å²) < 4.78 is 17.5. The molecule has 5 N–H and O–H groups in total. The topological polar surface area (TPSA) is 95.9 Å². The number of halogens is 2. The molecule has 13 heavy (non-hydrogen) atoms. The largest absolute Gasteiger partial charge is 0.394 e. The number of hydrogen-bond donors (Lipinski definition) is 4. The van der Waals surface area contributed by atoms with E-state index < -0.39 is 37.3 Å². The maximum Gasteiger partial charge on any atom is 0.173 e. The minimum atomic E-state index is -1.76. The first-order valence-electron chi connectivity index (χ1n) is 3.60. The predicted octanol–water partition coefficient (Wildman–Crippen LogP) is -1.86. The van der Waals surface area contributed by atoms with Gasteiger partial charge in [-0.1, -0.05) is 0 Å². The van der Waals surface area contributed by atoms with E-state index in [1.165, 1.54) is 0 Å². The Balaban J connectivity index is 0.00000144. The number of aliphatic hydroxyl groups is 3. The van der Waals surface area contributed by atoms with Crippen LogP contribution in [0.5, 0.6) is 0 Å². The summed E-state index contributed by atoms with van der Waals surface area (Å²) in [6, 6.07) is -1.16. The van der Waals surface area contributed by atoms with Gasteiger partial charge in [-0.15, -0.1) is 12.4 Å². The highest BCUT2D eigenvalue weighted by molar-refractivity contribution is 5.85. The van der Waals surface area contributed by atoms with Gasteiger partial charge in [0, 0.05) is 0 Å². The molecule has 5 atom stereocenters. The molecule has 0 amide bonds. The molecule has 1 rings (SSSR count). The Morgan fingerprint density at radius 3 is 2.38 bits per heavy atom. The van der Waals surface area contributed by atoms with E-state index >= 15 is 0 Å². The first-order chi connectivity index (χ1) is 5.57. The van der Waals surface area contributed by atoms with E-state index in [2.05, 4.69) is 4.74 Å². The lowest BCUT2D eigenvalue weighted by Crippen LogP contribution is -2.60. The fraction of sp³-hybridized carbons (Fsp3) is 1.00. The second-order valence-electron chi connectivity index (χ2n) is 2.76. The summed E-state index contributed by atoms with van der Waals surface area (Å²) in [7, 11) is 0. The summed E-state index contributed by atoms with van der Waals surface area (Å²) in [6.07, 6.45) is -5.88. The molecule has 1 heterocycles. The third-order valence-corrected chi connectivity index (χ3v) is 1.90. The Morgan fingerprint density at radius 2 is 1.92 bits per heavy atom. The number of hydrogen-bond acceptors (Lipinski definition) is 5. The van der Waals surface area contributed by atoms with Gasteiger partial charge in [-0.05, 0) is 0 Å². The smallest absolute Gasteiger partial charge is 0.173 e. The second kappa shape index (κ2) is 5.04. The maximum absolute atomic E-state index is 12.9. The van der Waals surface area contributed by atoms with Gasteiger partial charge in [0.05, 0.1) is 12.6 Å². The van der Waals surface area contributed by atoms with E-state index in [1.807, 2.05) is 0 Å². The van der Waals surface area contributed by atoms with Gasteiger partial charge >= 0.3 is 0 Å². The maximum atomic E-state index is 12.9. The van der Waals surface area contributed by atoms with Crippen molar-refractivity contribution in [2.45, 2.75) is 30.7 Å². The zero-order valence-corrected chi connectivity index (χ0v) is 7.52. The minimum absolute atomic E-state index is 0. The SMILES string of the molecule is Cl.N[C@H]1C(O)O[C@H](CO)[C@@H](F)[C@@H]1O. The average Bonchev–Trinajstić information content (AvgIpc) is 2.08. The normalized spacial score (nSPS) is 45.5. The molecule has 5 nitrogen and oxygen atoms in total. The molecule has 1 fully saturated rings. The quantitative estimate of drug-likeness (QED) is 0.413. The van der Waals surface area contributed by atoms with Gasteiger partial charge < -0.3 is 25.8 Å². The fourth-order valence-electron chi connectivity index (χ4n) is 1.09. The molecule has 0 aromatic rings. The van der Waals surface area contributed by atoms with Crippen LogP contribution < -0.4 is 5.73 Å². The van der Waals surface area contributed by atoms with Gasteiger partial charge in [-0.2, -0.15) is 0 Å². The molecule has 0 aromatic carbocycles. The van der Waals surface area contributed by atoms with E-state index in [0.29, 0.717) is 0 Å². The molecular weight excluding hydrogens is 205 g/mol. The third kappa shape index (κ3) is 2.49. The molecule has 0 saturated carbocycles. The van der Waals surface area contributed by atoms with Crippen molar-refractivity contribution in [3.8, 4) is 0 Å². The Hall–Kier alpha value is 0.0200. The summed E-state index contributed by atoms with van der Waals surface area (Å²) in [5, 5.41) is 26.6. The van der Waals surface area contributed by atoms with Crippen molar-refractivity contribution in [3.63, 3.8) is 0 Å². The molecule has 0 radical (unpaired) electrons. The standard InChI is InChI=1S/C6H12FNO4.ClH/c7-3-2(1-9)12-6(11)4(8)5(3)10;/h2-6,9-11H,1,8H2;1H/t2-,3-,4-,5+,6?;/m1./s1. The van der Waals surface area contributed by atoms with E-state index in [1.54, 1.807) is 0 Å². The highest BCUT2D eigenvalue weighted by Gasteiger charge is 2.42. The van der Waals surface area contributed by atoms with E-state index in [0.717, 1.165) is 0 Å². The molecule has 0 aromatic heterocycles. The molecule has 1 aliphatic heterocycles. The van der Waals surface area contributed by atoms with Crippen LogP contribution in [0.2, 0.25) is 0 Å². The molecule has 0 aliphatic carbocycles. The van der Waals surface area contributed by atoms with E-state index in [4.69, 9.17) is 21.1 Å². The van der Waals surface area contributed by atoms with E-state index in [-0.39, 0.29) is 12.4 Å². The van der Waals surface area contributed by atoms with Gasteiger partial charge in [-0.3, -0.25) is 0 Å². The zero-order chi connectivity index (χ0) is 9.30. The van der Waals surface area contributed by atoms with Crippen LogP contribution in [0.25, 0.3) is 0 Å². The molecule has 0 spiro atoms. The Morgan fingerprint density at radius 1 is 1.38 bits per heavy atom. The molecule has 7 heteroatoms. The van der Waals surface area contributed by atoms with Gasteiger partial charge in [0.25, 0.3) is 0 Å². The lowest BCUT2D eigenvalue weighted by atomic mass is 9.99. The molecule has 1 unspecified atom stereocenters. The van der Waals surface area contributed by atoms with Crippen molar-refractivity contribution in [2.24, 2.45) is 5.73 Å². The van der Waals surface area contributed by atoms with Crippen LogP contribution >= 0.6 is 12.4 Å². The summed E-state index contributed by atoms with van der Waals surface area (Å²) >= 11 is 0. The number of alkyl halides is 1. The Labute approximate surface area is 80.7 Å². The summed E-state index contributed by atoms with van der Waals surface area (Å²) in [5.74, 6) is 0. The van der Waals surface area contributed by atoms with E-state index in [9.17, 15) is 4.39 Å². The number of rotatable bonds is 1. The molecule has 1 saturated heterocycles. The van der Waals surface area contributed by atoms with Gasteiger partial charge in [-0.25, -0.2) is 4.39 Å². The molecule has 80 valence electrons. The molecule has 0 bridgehead atoms. The van der Waals surface area contributed by atoms with Crippen LogP contribution in [0.15, 0.2) is 0 Å². The number of aliphatic hydroxyl groups excluding tert-OH is 3. The fourth-order valence-corrected chi connectivity index (χ4v) is 1.09. The Bertz CT molecular complexity index is 159. The van der Waals surface area contributed by atoms with Crippen molar-refractivity contribution in [2.75, 3.05) is 6.61 Å². The zero-order valence-electron chi connectivity index (χ0n) is 6.71. The molecular formula is C6H13ClFNO4. The van der Waals surface area contributed by atoms with Crippen LogP contribution in [-0.2, 0) is 4.74 Å². The van der Waals surface area contributed by atoms with Crippen molar-refractivity contribution in [1.82, 2.24) is 0 Å². The number of ether oxygens (including phenoxy) is 1. The summed E-state index contributed by atoms with van der Waals surface area (Å²) in [6.45, 7) is -0.595. The number of nitrogens with two attached hydrogens (primary N) is 1. The van der Waals surface area contributed by atoms with Crippen molar-refractivity contribution < 1.29 is 24.4 Å². The van der Waals surface area contributed by atoms with Crippen LogP contribution in [0.1, 0.15) is 0 Å². The minimum Gasteiger partial charge on any atom is -0.394 e. The lowest BCUT2D eigenvalue weighted by Gasteiger charge is -2.36. The summed E-state index contributed by atoms with van der Waals surface area (Å²) in [5.41, 5.74) is 5.18. The highest BCUT2D eigenvalue weighted by Crippen LogP contribution is 2.20. The van der Waals surface area contributed by atoms with Crippen LogP contribution in [0.3, 0.4) is 0 Å². The van der Waals surface area contributed by atoms with Crippen LogP contribution in [0.4, 0.5) is 4.39 Å². The van der Waals surface area contributed by atoms with Gasteiger partial charge in [0.1, 0.15) is 12.2 Å². The van der Waals surface area contributed by atoms with Crippen LogP contribution in [0, 0.1) is 0 Å². The van der Waals surface area contributed by atoms with Gasteiger partial charge in [0.15, 0.2) is 12.5 Å². The third-order valence-electron chi connectivity index (χ3n) is 1.90. The average molecular weight is 218 g/mol. The van der Waals surface area contributed by atoms with Crippen molar-refractivity contribution in [1.29, 1.82) is 0 Å². The van der Waals surface area contributed by atoms with Crippen LogP contribution in [-0.4, -0.2) is 52.6 Å². The van der Waals surface area contributed by atoms with Gasteiger partial charge in [0.2, 0.25) is 0 Å². The monoisotopic (exact) mass is 217 g/mol. The van der Waals surface area contributed by atoms with Crippen molar-refractivity contribution >= 4 is 12.4 Å². The van der Waals surface area contributed by atoms with Crippen molar-refractivity contribution in [3.05, 3.63) is 0 Å². The predicted molar refractivity (Wildman–Crippen MR) is 44.1 cm³/mol. The summed E-state index contributed by atoms with van der Waals surface area (Å²) in [4.78, 5) is 0. The first kappa shape index (κ1) is 13.0. The second-order valence-corrected chi connectivity index (χ2v) is 2.76. The Kier molecular flexibility index (Phi) is 5.05. The lowest BCUT2D eigenvalue weighted by molar-refractivity contribution is -0.234. The first-order valence-corrected chi connectivity index (χ1v) is 3.60.